The number of ether oxygens (including phenoxy) is 1. The Kier molecular flexibility index (Phi) is 11.1. The van der Waals surface area contributed by atoms with Gasteiger partial charge >= 0.3 is 0 Å². The number of amides is 1. The van der Waals surface area contributed by atoms with Crippen molar-refractivity contribution in [2.24, 2.45) is 10.7 Å². The Hall–Kier alpha value is -2.29. The fourth-order valence-corrected chi connectivity index (χ4v) is 2.94. The number of carbonyl (C=O) groups excluding carboxylic acids is 1. The summed E-state index contributed by atoms with van der Waals surface area (Å²) < 4.78 is 5.34. The van der Waals surface area contributed by atoms with Crippen molar-refractivity contribution in [3.8, 4) is 5.75 Å². The van der Waals surface area contributed by atoms with Crippen LogP contribution in [0.15, 0.2) is 47.5 Å². The van der Waals surface area contributed by atoms with Crippen molar-refractivity contribution in [2.45, 2.75) is 33.7 Å². The van der Waals surface area contributed by atoms with Crippen LogP contribution < -0.4 is 21.1 Å². The van der Waals surface area contributed by atoms with Gasteiger partial charge in [0.25, 0.3) is 5.91 Å². The number of benzene rings is 2. The number of hydrogen-bond acceptors (Lipinski definition) is 3. The third-order valence-corrected chi connectivity index (χ3v) is 4.03. The van der Waals surface area contributed by atoms with Crippen LogP contribution >= 0.6 is 24.0 Å². The molecule has 0 heterocycles. The first-order chi connectivity index (χ1) is 13.5. The maximum Gasteiger partial charge on any atom is 0.255 e. The molecule has 0 aliphatic heterocycles. The van der Waals surface area contributed by atoms with E-state index in [1.165, 1.54) is 16.7 Å². The van der Waals surface area contributed by atoms with Crippen LogP contribution in [0.25, 0.3) is 0 Å². The molecule has 0 fully saturated rings. The molecular weight excluding hydrogens is 479 g/mol. The van der Waals surface area contributed by atoms with E-state index in [0.717, 1.165) is 31.0 Å². The van der Waals surface area contributed by atoms with Crippen molar-refractivity contribution in [1.29, 1.82) is 0 Å². The zero-order valence-corrected chi connectivity index (χ0v) is 19.7. The lowest BCUT2D eigenvalue weighted by atomic mass is 10.1. The summed E-state index contributed by atoms with van der Waals surface area (Å²) in [7, 11) is 0. The number of hydrogen-bond donors (Lipinski definition) is 3. The van der Waals surface area contributed by atoms with Crippen molar-refractivity contribution >= 4 is 35.8 Å². The second-order valence-corrected chi connectivity index (χ2v) is 6.77. The number of aliphatic imine (C=N–C) groups is 1. The largest absolute Gasteiger partial charge is 0.484 e. The van der Waals surface area contributed by atoms with Crippen LogP contribution in [0.1, 0.15) is 29.2 Å². The van der Waals surface area contributed by atoms with Gasteiger partial charge in [-0.05, 0) is 50.5 Å². The number of guanidine groups is 1. The molecule has 6 nitrogen and oxygen atoms in total. The smallest absolute Gasteiger partial charge is 0.255 e. The second kappa shape index (κ2) is 13.0. The van der Waals surface area contributed by atoms with Gasteiger partial charge in [0, 0.05) is 13.1 Å². The van der Waals surface area contributed by atoms with E-state index in [0.29, 0.717) is 12.3 Å². The second-order valence-electron chi connectivity index (χ2n) is 6.77. The number of aryl methyl sites for hydroxylation is 2. The van der Waals surface area contributed by atoms with Gasteiger partial charge in [0.1, 0.15) is 5.75 Å². The molecule has 0 bridgehead atoms. The van der Waals surface area contributed by atoms with E-state index >= 15 is 0 Å². The Labute approximate surface area is 190 Å². The summed E-state index contributed by atoms with van der Waals surface area (Å²) in [6, 6.07) is 14.1. The summed E-state index contributed by atoms with van der Waals surface area (Å²) in [5.41, 5.74) is 10.00. The van der Waals surface area contributed by atoms with Crippen molar-refractivity contribution in [3.05, 3.63) is 64.7 Å². The maximum absolute atomic E-state index is 10.8. The van der Waals surface area contributed by atoms with Gasteiger partial charge in [-0.15, -0.1) is 24.0 Å². The molecular formula is C22H31IN4O2. The topological polar surface area (TPSA) is 88.7 Å². The minimum atomic E-state index is -0.495. The molecule has 0 aliphatic carbocycles. The molecule has 0 radical (unpaired) electrons. The van der Waals surface area contributed by atoms with Crippen LogP contribution in [-0.2, 0) is 17.8 Å². The Bertz CT molecular complexity index is 804. The monoisotopic (exact) mass is 510 g/mol. The zero-order chi connectivity index (χ0) is 20.4. The first kappa shape index (κ1) is 24.7. The van der Waals surface area contributed by atoms with Crippen molar-refractivity contribution < 1.29 is 9.53 Å². The van der Waals surface area contributed by atoms with E-state index in [-0.39, 0.29) is 30.6 Å². The van der Waals surface area contributed by atoms with E-state index in [9.17, 15) is 4.79 Å². The number of nitrogens with two attached hydrogens (primary N) is 1. The van der Waals surface area contributed by atoms with Crippen LogP contribution in [-0.4, -0.2) is 31.6 Å². The highest BCUT2D eigenvalue weighted by Crippen LogP contribution is 2.14. The first-order valence-electron chi connectivity index (χ1n) is 9.55. The molecule has 2 rings (SSSR count). The number of halogens is 1. The molecule has 29 heavy (non-hydrogen) atoms. The Balaban J connectivity index is 0.00000420. The summed E-state index contributed by atoms with van der Waals surface area (Å²) in [5.74, 6) is 0.889. The number of rotatable bonds is 9. The third kappa shape index (κ3) is 9.65. The predicted molar refractivity (Wildman–Crippen MR) is 129 cm³/mol. The van der Waals surface area contributed by atoms with Gasteiger partial charge in [-0.1, -0.05) is 41.5 Å². The van der Waals surface area contributed by atoms with Gasteiger partial charge in [-0.25, -0.2) is 4.99 Å². The Morgan fingerprint density at radius 3 is 2.45 bits per heavy atom. The quantitative estimate of drug-likeness (QED) is 0.275. The highest BCUT2D eigenvalue weighted by Gasteiger charge is 2.02. The molecule has 0 spiro atoms. The summed E-state index contributed by atoms with van der Waals surface area (Å²) in [6.07, 6.45) is 0.934. The molecule has 0 atom stereocenters. The number of carbonyl (C=O) groups is 1. The average Bonchev–Trinajstić information content (AvgIpc) is 2.64. The molecule has 1 amide bonds. The lowest BCUT2D eigenvalue weighted by molar-refractivity contribution is -0.119. The summed E-state index contributed by atoms with van der Waals surface area (Å²) in [4.78, 5) is 15.5. The van der Waals surface area contributed by atoms with E-state index in [4.69, 9.17) is 10.5 Å². The summed E-state index contributed by atoms with van der Waals surface area (Å²) in [6.45, 7) is 8.25. The van der Waals surface area contributed by atoms with Crippen LogP contribution in [0.2, 0.25) is 0 Å². The van der Waals surface area contributed by atoms with Crippen LogP contribution in [0, 0.1) is 13.8 Å². The van der Waals surface area contributed by atoms with Crippen molar-refractivity contribution in [3.63, 3.8) is 0 Å². The number of primary amides is 1. The Morgan fingerprint density at radius 1 is 1.07 bits per heavy atom. The predicted octanol–water partition coefficient (Wildman–Crippen LogP) is 3.08. The van der Waals surface area contributed by atoms with E-state index < -0.39 is 5.91 Å². The molecule has 0 saturated carbocycles. The summed E-state index contributed by atoms with van der Waals surface area (Å²) in [5, 5.41) is 6.64. The first-order valence-corrected chi connectivity index (χ1v) is 9.55. The minimum Gasteiger partial charge on any atom is -0.484 e. The van der Waals surface area contributed by atoms with E-state index in [2.05, 4.69) is 47.7 Å². The fraction of sp³-hybridized carbons (Fsp3) is 0.364. The molecule has 2 aromatic carbocycles. The van der Waals surface area contributed by atoms with E-state index in [1.807, 2.05) is 25.1 Å². The van der Waals surface area contributed by atoms with Gasteiger partial charge in [0.05, 0.1) is 6.54 Å². The van der Waals surface area contributed by atoms with Gasteiger partial charge < -0.3 is 21.1 Å². The highest BCUT2D eigenvalue weighted by atomic mass is 127. The number of nitrogens with zero attached hydrogens (tertiary/aromatic N) is 1. The van der Waals surface area contributed by atoms with Gasteiger partial charge in [0.2, 0.25) is 0 Å². The molecule has 0 aromatic heterocycles. The SMILES string of the molecule is CCNC(=NCc1cccc(OCC(N)=O)c1)NCCc1cc(C)cc(C)c1.I. The van der Waals surface area contributed by atoms with Crippen LogP contribution in [0.5, 0.6) is 5.75 Å². The third-order valence-electron chi connectivity index (χ3n) is 4.03. The molecule has 0 saturated heterocycles. The molecule has 0 unspecified atom stereocenters. The standard InChI is InChI=1S/C22H30N4O2.HI/c1-4-24-22(25-9-8-18-11-16(2)10-17(3)12-18)26-14-19-6-5-7-20(13-19)28-15-21(23)27;/h5-7,10-13H,4,8-9,14-15H2,1-3H3,(H2,23,27)(H2,24,25,26);1H. The van der Waals surface area contributed by atoms with E-state index in [1.54, 1.807) is 6.07 Å². The lowest BCUT2D eigenvalue weighted by Gasteiger charge is -2.12. The fourth-order valence-electron chi connectivity index (χ4n) is 2.94. The molecule has 4 N–H and O–H groups in total. The molecule has 2 aromatic rings. The van der Waals surface area contributed by atoms with Gasteiger partial charge in [-0.2, -0.15) is 0 Å². The van der Waals surface area contributed by atoms with Gasteiger partial charge in [0.15, 0.2) is 12.6 Å². The van der Waals surface area contributed by atoms with Crippen molar-refractivity contribution in [1.82, 2.24) is 10.6 Å². The minimum absolute atomic E-state index is 0. The van der Waals surface area contributed by atoms with Gasteiger partial charge in [-0.3, -0.25) is 4.79 Å². The van der Waals surface area contributed by atoms with Crippen LogP contribution in [0.3, 0.4) is 0 Å². The molecule has 7 heteroatoms. The summed E-state index contributed by atoms with van der Waals surface area (Å²) >= 11 is 0. The maximum atomic E-state index is 10.8. The average molecular weight is 510 g/mol. The molecule has 158 valence electrons. The van der Waals surface area contributed by atoms with Crippen molar-refractivity contribution in [2.75, 3.05) is 19.7 Å². The zero-order valence-electron chi connectivity index (χ0n) is 17.3. The normalized spacial score (nSPS) is 10.8. The highest BCUT2D eigenvalue weighted by molar-refractivity contribution is 14.0. The Morgan fingerprint density at radius 2 is 1.79 bits per heavy atom. The lowest BCUT2D eigenvalue weighted by Crippen LogP contribution is -2.38. The number of nitrogens with one attached hydrogen (secondary N) is 2. The molecule has 0 aliphatic rings. The van der Waals surface area contributed by atoms with Crippen LogP contribution in [0.4, 0.5) is 0 Å².